The predicted octanol–water partition coefficient (Wildman–Crippen LogP) is 3.42. The molecule has 0 aliphatic carbocycles. The monoisotopic (exact) mass is 356 g/mol. The SMILES string of the molecule is Cc1cc(N2C(=O)C(O)=C(C(=O)c3ccco3)[C@@H]2c2cccs2)no1. The molecule has 25 heavy (non-hydrogen) atoms. The number of amides is 1. The minimum Gasteiger partial charge on any atom is -0.503 e. The van der Waals surface area contributed by atoms with Gasteiger partial charge in [-0.3, -0.25) is 14.5 Å². The van der Waals surface area contributed by atoms with Crippen LogP contribution in [0.1, 0.15) is 27.2 Å². The molecular weight excluding hydrogens is 344 g/mol. The van der Waals surface area contributed by atoms with Crippen LogP contribution in [0.2, 0.25) is 0 Å². The first kappa shape index (κ1) is 15.4. The van der Waals surface area contributed by atoms with Crippen molar-refractivity contribution in [3.8, 4) is 0 Å². The van der Waals surface area contributed by atoms with Gasteiger partial charge in [-0.05, 0) is 30.5 Å². The number of thiophene rings is 1. The summed E-state index contributed by atoms with van der Waals surface area (Å²) in [5, 5.41) is 16.1. The zero-order valence-corrected chi connectivity index (χ0v) is 13.8. The predicted molar refractivity (Wildman–Crippen MR) is 88.5 cm³/mol. The van der Waals surface area contributed by atoms with Gasteiger partial charge < -0.3 is 14.0 Å². The summed E-state index contributed by atoms with van der Waals surface area (Å²) in [7, 11) is 0. The molecule has 1 N–H and O–H groups in total. The minimum absolute atomic E-state index is 0.0388. The number of rotatable bonds is 4. The summed E-state index contributed by atoms with van der Waals surface area (Å²) in [4.78, 5) is 27.5. The van der Waals surface area contributed by atoms with E-state index in [0.29, 0.717) is 10.6 Å². The Hall–Kier alpha value is -3.13. The fourth-order valence-electron chi connectivity index (χ4n) is 2.80. The fourth-order valence-corrected chi connectivity index (χ4v) is 3.62. The number of carbonyl (C=O) groups is 2. The van der Waals surface area contributed by atoms with E-state index in [1.54, 1.807) is 31.2 Å². The zero-order valence-electron chi connectivity index (χ0n) is 13.0. The normalized spacial score (nSPS) is 17.6. The van der Waals surface area contributed by atoms with Crippen LogP contribution in [0.3, 0.4) is 0 Å². The number of ketones is 1. The zero-order chi connectivity index (χ0) is 17.6. The van der Waals surface area contributed by atoms with Gasteiger partial charge in [-0.25, -0.2) is 0 Å². The van der Waals surface area contributed by atoms with Crippen LogP contribution in [0, 0.1) is 6.92 Å². The molecule has 3 aromatic rings. The topological polar surface area (TPSA) is 96.8 Å². The summed E-state index contributed by atoms with van der Waals surface area (Å²) >= 11 is 1.37. The van der Waals surface area contributed by atoms with Crippen molar-refractivity contribution in [2.24, 2.45) is 0 Å². The van der Waals surface area contributed by atoms with E-state index in [4.69, 9.17) is 8.94 Å². The Balaban J connectivity index is 1.86. The molecule has 7 nitrogen and oxygen atoms in total. The number of anilines is 1. The van der Waals surface area contributed by atoms with Gasteiger partial charge >= 0.3 is 0 Å². The van der Waals surface area contributed by atoms with E-state index >= 15 is 0 Å². The molecule has 4 rings (SSSR count). The number of Topliss-reactive ketones (excluding diaryl/α,β-unsaturated/α-hetero) is 1. The molecule has 0 spiro atoms. The van der Waals surface area contributed by atoms with Gasteiger partial charge in [0.05, 0.1) is 11.8 Å². The number of nitrogens with zero attached hydrogens (tertiary/aromatic N) is 2. The van der Waals surface area contributed by atoms with Gasteiger partial charge in [0, 0.05) is 10.9 Å². The van der Waals surface area contributed by atoms with Gasteiger partial charge in [-0.15, -0.1) is 11.3 Å². The molecule has 1 atom stereocenters. The number of aromatic nitrogens is 1. The Morgan fingerprint density at radius 3 is 2.80 bits per heavy atom. The third-order valence-corrected chi connectivity index (χ3v) is 4.80. The van der Waals surface area contributed by atoms with Crippen molar-refractivity contribution in [3.63, 3.8) is 0 Å². The summed E-state index contributed by atoms with van der Waals surface area (Å²) in [5.74, 6) is -1.07. The molecule has 0 saturated heterocycles. The molecule has 0 saturated carbocycles. The van der Waals surface area contributed by atoms with E-state index in [1.165, 1.54) is 28.6 Å². The van der Waals surface area contributed by atoms with Gasteiger partial charge in [0.1, 0.15) is 11.8 Å². The third-order valence-electron chi connectivity index (χ3n) is 3.87. The lowest BCUT2D eigenvalue weighted by Crippen LogP contribution is -2.30. The Morgan fingerprint density at radius 2 is 2.20 bits per heavy atom. The fraction of sp³-hybridized carbons (Fsp3) is 0.118. The van der Waals surface area contributed by atoms with Crippen molar-refractivity contribution in [3.05, 3.63) is 69.7 Å². The van der Waals surface area contributed by atoms with Crippen molar-refractivity contribution in [1.29, 1.82) is 0 Å². The van der Waals surface area contributed by atoms with Crippen molar-refractivity contribution in [2.75, 3.05) is 4.90 Å². The number of furan rings is 1. The van der Waals surface area contributed by atoms with Crippen LogP contribution in [-0.2, 0) is 4.79 Å². The summed E-state index contributed by atoms with van der Waals surface area (Å²) < 4.78 is 10.2. The average Bonchev–Trinajstić information content (AvgIpc) is 3.36. The maximum Gasteiger partial charge on any atom is 0.295 e. The smallest absolute Gasteiger partial charge is 0.295 e. The highest BCUT2D eigenvalue weighted by Crippen LogP contribution is 2.43. The van der Waals surface area contributed by atoms with E-state index in [0.717, 1.165) is 0 Å². The number of hydrogen-bond donors (Lipinski definition) is 1. The molecule has 1 aliphatic rings. The largest absolute Gasteiger partial charge is 0.503 e. The molecule has 3 aromatic heterocycles. The van der Waals surface area contributed by atoms with E-state index in [9.17, 15) is 14.7 Å². The summed E-state index contributed by atoms with van der Waals surface area (Å²) in [6, 6.07) is 7.43. The van der Waals surface area contributed by atoms with E-state index < -0.39 is 23.5 Å². The number of aliphatic hydroxyl groups excluding tert-OH is 1. The lowest BCUT2D eigenvalue weighted by molar-refractivity contribution is -0.117. The second kappa shape index (κ2) is 5.75. The van der Waals surface area contributed by atoms with Crippen LogP contribution in [0.15, 0.2) is 62.2 Å². The quantitative estimate of drug-likeness (QED) is 0.720. The standard InChI is InChI=1S/C17H12N2O5S/c1-9-8-12(18-24-9)19-14(11-5-3-7-25-11)13(16(21)17(19)22)15(20)10-4-2-6-23-10/h2-8,14,21H,1H3/t14-/m0/s1. The van der Waals surface area contributed by atoms with Crippen molar-refractivity contribution < 1.29 is 23.6 Å². The first-order chi connectivity index (χ1) is 12.1. The highest BCUT2D eigenvalue weighted by molar-refractivity contribution is 7.10. The molecular formula is C17H12N2O5S. The second-order valence-corrected chi connectivity index (χ2v) is 6.44. The van der Waals surface area contributed by atoms with Gasteiger partial charge in [-0.1, -0.05) is 11.2 Å². The van der Waals surface area contributed by atoms with Gasteiger partial charge in [0.25, 0.3) is 5.91 Å². The van der Waals surface area contributed by atoms with E-state index in [-0.39, 0.29) is 17.2 Å². The maximum atomic E-state index is 12.8. The first-order valence-corrected chi connectivity index (χ1v) is 8.27. The van der Waals surface area contributed by atoms with Crippen LogP contribution >= 0.6 is 11.3 Å². The highest BCUT2D eigenvalue weighted by Gasteiger charge is 2.46. The number of hydrogen-bond acceptors (Lipinski definition) is 7. The minimum atomic E-state index is -0.797. The Bertz CT molecular complexity index is 969. The molecule has 126 valence electrons. The number of aliphatic hydroxyl groups is 1. The Morgan fingerprint density at radius 1 is 1.36 bits per heavy atom. The van der Waals surface area contributed by atoms with Crippen LogP contribution in [0.5, 0.6) is 0 Å². The molecule has 0 aromatic carbocycles. The average molecular weight is 356 g/mol. The van der Waals surface area contributed by atoms with Crippen LogP contribution < -0.4 is 4.90 Å². The molecule has 1 aliphatic heterocycles. The molecule has 4 heterocycles. The first-order valence-electron chi connectivity index (χ1n) is 7.39. The van der Waals surface area contributed by atoms with Crippen molar-refractivity contribution >= 4 is 28.8 Å². The lowest BCUT2D eigenvalue weighted by atomic mass is 10.0. The van der Waals surface area contributed by atoms with Gasteiger partial charge in [0.15, 0.2) is 17.3 Å². The summed E-state index contributed by atoms with van der Waals surface area (Å²) in [6.45, 7) is 1.69. The van der Waals surface area contributed by atoms with Gasteiger partial charge in [-0.2, -0.15) is 0 Å². The van der Waals surface area contributed by atoms with E-state index in [1.807, 2.05) is 5.38 Å². The molecule has 8 heteroatoms. The maximum absolute atomic E-state index is 12.8. The summed E-state index contributed by atoms with van der Waals surface area (Å²) in [6.07, 6.45) is 1.36. The van der Waals surface area contributed by atoms with E-state index in [2.05, 4.69) is 5.16 Å². The molecule has 0 bridgehead atoms. The summed E-state index contributed by atoms with van der Waals surface area (Å²) in [5.41, 5.74) is -0.0388. The van der Waals surface area contributed by atoms with Crippen molar-refractivity contribution in [2.45, 2.75) is 13.0 Å². The Kier molecular flexibility index (Phi) is 3.54. The second-order valence-electron chi connectivity index (χ2n) is 5.46. The molecule has 0 unspecified atom stereocenters. The molecule has 0 fully saturated rings. The van der Waals surface area contributed by atoms with Crippen LogP contribution in [0.25, 0.3) is 0 Å². The highest BCUT2D eigenvalue weighted by atomic mass is 32.1. The number of carbonyl (C=O) groups excluding carboxylic acids is 2. The molecule has 1 amide bonds. The van der Waals surface area contributed by atoms with Crippen LogP contribution in [-0.4, -0.2) is 22.0 Å². The van der Waals surface area contributed by atoms with Crippen molar-refractivity contribution in [1.82, 2.24) is 5.16 Å². The number of aryl methyl sites for hydroxylation is 1. The molecule has 0 radical (unpaired) electrons. The Labute approximate surface area is 145 Å². The van der Waals surface area contributed by atoms with Crippen LogP contribution in [0.4, 0.5) is 5.82 Å². The van der Waals surface area contributed by atoms with Gasteiger partial charge in [0.2, 0.25) is 5.78 Å². The third kappa shape index (κ3) is 2.38. The lowest BCUT2D eigenvalue weighted by Gasteiger charge is -2.22.